The fourth-order valence-corrected chi connectivity index (χ4v) is 2.25. The molecule has 118 valence electrons. The van der Waals surface area contributed by atoms with Gasteiger partial charge in [-0.1, -0.05) is 23.2 Å². The molecule has 1 aromatic heterocycles. The van der Waals surface area contributed by atoms with Crippen molar-refractivity contribution >= 4 is 50.7 Å². The lowest BCUT2D eigenvalue weighted by Gasteiger charge is -2.12. The third-order valence-electron chi connectivity index (χ3n) is 2.57. The molecule has 0 saturated heterocycles. The topological polar surface area (TPSA) is 87.2 Å². The number of nitrogens with zero attached hydrogens (tertiary/aromatic N) is 3. The first-order valence-corrected chi connectivity index (χ1v) is 8.23. The summed E-state index contributed by atoms with van der Waals surface area (Å²) in [6.07, 6.45) is 0. The summed E-state index contributed by atoms with van der Waals surface area (Å²) in [4.78, 5) is 0. The molecule has 0 amide bonds. The van der Waals surface area contributed by atoms with E-state index in [1.807, 2.05) is 0 Å². The van der Waals surface area contributed by atoms with E-state index in [4.69, 9.17) is 23.2 Å². The quantitative estimate of drug-likeness (QED) is 0.854. The van der Waals surface area contributed by atoms with Gasteiger partial charge in [-0.25, -0.2) is 0 Å². The second-order valence-corrected chi connectivity index (χ2v) is 7.15. The minimum absolute atomic E-state index is 0.119. The molecule has 10 heteroatoms. The van der Waals surface area contributed by atoms with E-state index in [-0.39, 0.29) is 5.82 Å². The lowest BCUT2D eigenvalue weighted by atomic mass is 10.3. The molecule has 0 atom stereocenters. The first-order chi connectivity index (χ1) is 10.3. The van der Waals surface area contributed by atoms with Crippen LogP contribution in [0, 0.1) is 0 Å². The van der Waals surface area contributed by atoms with Crippen molar-refractivity contribution in [3.8, 4) is 0 Å². The van der Waals surface area contributed by atoms with Crippen molar-refractivity contribution in [2.24, 2.45) is 0 Å². The van der Waals surface area contributed by atoms with E-state index in [2.05, 4.69) is 20.2 Å². The van der Waals surface area contributed by atoms with Gasteiger partial charge in [0, 0.05) is 19.8 Å². The summed E-state index contributed by atoms with van der Waals surface area (Å²) in [7, 11) is -0.780. The Kier molecular flexibility index (Phi) is 5.07. The summed E-state index contributed by atoms with van der Waals surface area (Å²) in [5.41, 5.74) is 0.685. The maximum atomic E-state index is 11.6. The Balaban J connectivity index is 2.10. The van der Waals surface area contributed by atoms with Crippen LogP contribution >= 0.6 is 23.2 Å². The third kappa shape index (κ3) is 4.20. The fraction of sp³-hybridized carbons (Fsp3) is 0.167. The van der Waals surface area contributed by atoms with Gasteiger partial charge in [0.2, 0.25) is 0 Å². The maximum Gasteiger partial charge on any atom is 0.302 e. The van der Waals surface area contributed by atoms with Crippen molar-refractivity contribution in [2.45, 2.75) is 0 Å². The minimum Gasteiger partial charge on any atom is -0.339 e. The highest BCUT2D eigenvalue weighted by Crippen LogP contribution is 2.26. The normalized spacial score (nSPS) is 11.5. The molecule has 2 aromatic rings. The van der Waals surface area contributed by atoms with Gasteiger partial charge in [-0.15, -0.1) is 10.2 Å². The summed E-state index contributed by atoms with van der Waals surface area (Å²) >= 11 is 11.8. The predicted octanol–water partition coefficient (Wildman–Crippen LogP) is 2.75. The molecule has 1 aromatic carbocycles. The standard InChI is InChI=1S/C12H13Cl2N5O2S/c1-19(2)22(20,21)18-12-6-5-11(16-17-12)15-8-3-4-9(13)10(14)7-8/h3-7H,1-2H3,(H,15,16)(H,17,18). The number of benzene rings is 1. The van der Waals surface area contributed by atoms with Crippen LogP contribution in [0.15, 0.2) is 30.3 Å². The SMILES string of the molecule is CN(C)S(=O)(=O)Nc1ccc(Nc2ccc(Cl)c(Cl)c2)nn1. The first kappa shape index (κ1) is 16.8. The van der Waals surface area contributed by atoms with Crippen molar-refractivity contribution < 1.29 is 8.42 Å². The molecule has 0 radical (unpaired) electrons. The summed E-state index contributed by atoms with van der Waals surface area (Å²) in [5, 5.41) is 11.5. The van der Waals surface area contributed by atoms with Crippen LogP contribution in [-0.2, 0) is 10.2 Å². The van der Waals surface area contributed by atoms with E-state index in [9.17, 15) is 8.42 Å². The van der Waals surface area contributed by atoms with Crippen molar-refractivity contribution in [1.82, 2.24) is 14.5 Å². The summed E-state index contributed by atoms with van der Waals surface area (Å²) in [6, 6.07) is 8.11. The van der Waals surface area contributed by atoms with Gasteiger partial charge in [-0.05, 0) is 30.3 Å². The molecule has 0 bridgehead atoms. The van der Waals surface area contributed by atoms with Gasteiger partial charge in [-0.3, -0.25) is 4.72 Å². The van der Waals surface area contributed by atoms with E-state index in [0.717, 1.165) is 4.31 Å². The molecular weight excluding hydrogens is 349 g/mol. The largest absolute Gasteiger partial charge is 0.339 e. The maximum absolute atomic E-state index is 11.6. The van der Waals surface area contributed by atoms with E-state index >= 15 is 0 Å². The van der Waals surface area contributed by atoms with Crippen LogP contribution in [0.3, 0.4) is 0 Å². The highest BCUT2D eigenvalue weighted by Gasteiger charge is 2.13. The number of hydrogen-bond donors (Lipinski definition) is 2. The zero-order valence-electron chi connectivity index (χ0n) is 11.7. The molecule has 0 aliphatic rings. The van der Waals surface area contributed by atoms with Gasteiger partial charge in [0.25, 0.3) is 0 Å². The second kappa shape index (κ2) is 6.66. The average Bonchev–Trinajstić information content (AvgIpc) is 2.44. The highest BCUT2D eigenvalue weighted by atomic mass is 35.5. The zero-order chi connectivity index (χ0) is 16.3. The molecule has 0 spiro atoms. The fourth-order valence-electron chi connectivity index (χ4n) is 1.40. The van der Waals surface area contributed by atoms with Crippen LogP contribution in [-0.4, -0.2) is 37.0 Å². The molecule has 1 heterocycles. The average molecular weight is 362 g/mol. The van der Waals surface area contributed by atoms with Gasteiger partial charge >= 0.3 is 10.2 Å². The van der Waals surface area contributed by atoms with Gasteiger partial charge in [0.05, 0.1) is 10.0 Å². The molecule has 2 rings (SSSR count). The Labute approximate surface area is 138 Å². The van der Waals surface area contributed by atoms with Gasteiger partial charge < -0.3 is 5.32 Å². The van der Waals surface area contributed by atoms with E-state index in [1.54, 1.807) is 24.3 Å². The molecule has 0 unspecified atom stereocenters. The number of halogens is 2. The highest BCUT2D eigenvalue weighted by molar-refractivity contribution is 7.90. The summed E-state index contributed by atoms with van der Waals surface area (Å²) < 4.78 is 26.6. The molecule has 7 nitrogen and oxygen atoms in total. The van der Waals surface area contributed by atoms with Gasteiger partial charge in [0.15, 0.2) is 11.6 Å². The monoisotopic (exact) mass is 361 g/mol. The molecule has 0 aliphatic carbocycles. The third-order valence-corrected chi connectivity index (χ3v) is 4.74. The van der Waals surface area contributed by atoms with Crippen molar-refractivity contribution in [3.63, 3.8) is 0 Å². The van der Waals surface area contributed by atoms with Crippen LogP contribution in [0.5, 0.6) is 0 Å². The Morgan fingerprint density at radius 3 is 2.18 bits per heavy atom. The molecule has 0 saturated carbocycles. The number of nitrogens with one attached hydrogen (secondary N) is 2. The summed E-state index contributed by atoms with van der Waals surface area (Å²) in [6.45, 7) is 0. The Bertz CT molecular complexity index is 766. The molecule has 0 fully saturated rings. The smallest absolute Gasteiger partial charge is 0.302 e. The lowest BCUT2D eigenvalue weighted by Crippen LogP contribution is -2.29. The van der Waals surface area contributed by atoms with Crippen LogP contribution in [0.25, 0.3) is 0 Å². The van der Waals surface area contributed by atoms with Crippen LogP contribution < -0.4 is 10.0 Å². The van der Waals surface area contributed by atoms with Gasteiger partial charge in [-0.2, -0.15) is 12.7 Å². The second-order valence-electron chi connectivity index (χ2n) is 4.45. The molecule has 2 N–H and O–H groups in total. The Morgan fingerprint density at radius 1 is 1.00 bits per heavy atom. The van der Waals surface area contributed by atoms with Crippen molar-refractivity contribution in [1.29, 1.82) is 0 Å². The number of hydrogen-bond acceptors (Lipinski definition) is 5. The van der Waals surface area contributed by atoms with Crippen LogP contribution in [0.1, 0.15) is 0 Å². The Hall–Kier alpha value is -1.61. The lowest BCUT2D eigenvalue weighted by molar-refractivity contribution is 0.526. The zero-order valence-corrected chi connectivity index (χ0v) is 14.0. The minimum atomic E-state index is -3.61. The van der Waals surface area contributed by atoms with Crippen LogP contribution in [0.2, 0.25) is 10.0 Å². The number of rotatable bonds is 5. The number of aromatic nitrogens is 2. The van der Waals surface area contributed by atoms with E-state index in [0.29, 0.717) is 21.6 Å². The molecular formula is C12H13Cl2N5O2S. The van der Waals surface area contributed by atoms with Gasteiger partial charge in [0.1, 0.15) is 0 Å². The summed E-state index contributed by atoms with van der Waals surface area (Å²) in [5.74, 6) is 0.555. The molecule has 0 aliphatic heterocycles. The van der Waals surface area contributed by atoms with Crippen LogP contribution in [0.4, 0.5) is 17.3 Å². The predicted molar refractivity (Wildman–Crippen MR) is 88.0 cm³/mol. The first-order valence-electron chi connectivity index (χ1n) is 6.04. The van der Waals surface area contributed by atoms with E-state index < -0.39 is 10.2 Å². The van der Waals surface area contributed by atoms with E-state index in [1.165, 1.54) is 20.2 Å². The Morgan fingerprint density at radius 2 is 1.64 bits per heavy atom. The van der Waals surface area contributed by atoms with Crippen molar-refractivity contribution in [2.75, 3.05) is 24.1 Å². The molecule has 22 heavy (non-hydrogen) atoms. The van der Waals surface area contributed by atoms with Crippen molar-refractivity contribution in [3.05, 3.63) is 40.4 Å². The number of anilines is 3.